The molecule has 1 heterocycles. The van der Waals surface area contributed by atoms with Crippen LogP contribution in [0.15, 0.2) is 0 Å². The van der Waals surface area contributed by atoms with Crippen molar-refractivity contribution in [2.24, 2.45) is 0 Å². The summed E-state index contributed by atoms with van der Waals surface area (Å²) in [5.74, 6) is 0. The Morgan fingerprint density at radius 1 is 0.636 bits per heavy atom. The van der Waals surface area contributed by atoms with Crippen LogP contribution < -0.4 is 16.0 Å². The fraction of sp³-hybridized carbons (Fsp3) is 1.00. The summed E-state index contributed by atoms with van der Waals surface area (Å²) < 4.78 is 0. The van der Waals surface area contributed by atoms with Crippen LogP contribution in [0.3, 0.4) is 0 Å². The quantitative estimate of drug-likeness (QED) is 0.482. The minimum absolute atomic E-state index is 0. The van der Waals surface area contributed by atoms with Crippen LogP contribution in [0.4, 0.5) is 0 Å². The van der Waals surface area contributed by atoms with E-state index in [4.69, 9.17) is 0 Å². The minimum atomic E-state index is 0. The minimum Gasteiger partial charge on any atom is -1.00 e. The molecule has 0 aromatic carbocycles. The van der Waals surface area contributed by atoms with Crippen LogP contribution in [0.2, 0.25) is 0 Å². The molecule has 0 atom stereocenters. The van der Waals surface area contributed by atoms with Crippen molar-refractivity contribution in [2.75, 3.05) is 39.3 Å². The molecule has 0 aromatic rings. The number of nitrogens with one attached hydrogen (secondary N) is 3. The fourth-order valence-corrected chi connectivity index (χ4v) is 0.905. The Bertz CT molecular complexity index is 54.4. The molecule has 0 aromatic heterocycles. The molecular weight excluding hydrogens is 218 g/mol. The van der Waals surface area contributed by atoms with Gasteiger partial charge in [-0.25, -0.2) is 0 Å². The number of hydrogen-bond acceptors (Lipinski definition) is 3. The van der Waals surface area contributed by atoms with Gasteiger partial charge < -0.3 is 18.8 Å². The fourth-order valence-electron chi connectivity index (χ4n) is 0.905. The summed E-state index contributed by atoms with van der Waals surface area (Å²) in [5, 5.41) is 9.91. The molecule has 1 fully saturated rings. The van der Waals surface area contributed by atoms with Crippen molar-refractivity contribution >= 4 is 40.0 Å². The summed E-state index contributed by atoms with van der Waals surface area (Å²) in [5.41, 5.74) is 0. The molecule has 0 amide bonds. The molecular formula is C6H18BrMgN3. The van der Waals surface area contributed by atoms with E-state index in [1.54, 1.807) is 0 Å². The normalized spacial score (nSPS) is 19.6. The van der Waals surface area contributed by atoms with E-state index >= 15 is 0 Å². The summed E-state index contributed by atoms with van der Waals surface area (Å²) >= 11 is 0. The van der Waals surface area contributed by atoms with E-state index < -0.39 is 0 Å². The van der Waals surface area contributed by atoms with Gasteiger partial charge in [-0.05, 0) is 0 Å². The first-order chi connectivity index (χ1) is 4.50. The second kappa shape index (κ2) is 11.1. The van der Waals surface area contributed by atoms with Gasteiger partial charge in [0.1, 0.15) is 0 Å². The molecule has 1 rings (SSSR count). The largest absolute Gasteiger partial charge is 2.00 e. The predicted octanol–water partition coefficient (Wildman–Crippen LogP) is -0.809. The Hall–Kier alpha value is 1.13. The van der Waals surface area contributed by atoms with Crippen molar-refractivity contribution in [3.05, 3.63) is 0 Å². The third kappa shape index (κ3) is 9.04. The van der Waals surface area contributed by atoms with Gasteiger partial charge in [-0.1, -0.05) is 0 Å². The third-order valence-corrected chi connectivity index (χ3v) is 1.44. The van der Waals surface area contributed by atoms with Crippen LogP contribution in [0.5, 0.6) is 0 Å². The van der Waals surface area contributed by atoms with Gasteiger partial charge in [-0.3, -0.25) is 0 Å². The van der Waals surface area contributed by atoms with Crippen molar-refractivity contribution < 1.29 is 2.85 Å². The van der Waals surface area contributed by atoms with E-state index in [9.17, 15) is 0 Å². The SMILES string of the molecule is Br.C1CNCCNCCN1.[H-].[H-].[Mg+2]. The zero-order valence-electron chi connectivity index (χ0n) is 8.86. The molecule has 0 saturated carbocycles. The van der Waals surface area contributed by atoms with Crippen LogP contribution in [0, 0.1) is 0 Å². The van der Waals surface area contributed by atoms with Gasteiger partial charge in [0.05, 0.1) is 0 Å². The number of halogens is 1. The standard InChI is InChI=1S/C6H15N3.BrH.Mg.2H/c1-2-8-5-6-9-4-3-7-1;;;;/h7-9H,1-6H2;1H;;;/q;;+2;2*-1. The maximum atomic E-state index is 3.30. The van der Waals surface area contributed by atoms with Gasteiger partial charge in [0.15, 0.2) is 0 Å². The van der Waals surface area contributed by atoms with Crippen LogP contribution in [0.25, 0.3) is 0 Å². The third-order valence-electron chi connectivity index (χ3n) is 1.44. The Morgan fingerprint density at radius 3 is 1.00 bits per heavy atom. The summed E-state index contributed by atoms with van der Waals surface area (Å²) in [4.78, 5) is 0. The average molecular weight is 236 g/mol. The molecule has 1 aliphatic rings. The maximum Gasteiger partial charge on any atom is 2.00 e. The smallest absolute Gasteiger partial charge is 1.00 e. The van der Waals surface area contributed by atoms with Crippen molar-refractivity contribution in [3.8, 4) is 0 Å². The van der Waals surface area contributed by atoms with Crippen molar-refractivity contribution in [2.45, 2.75) is 0 Å². The van der Waals surface area contributed by atoms with E-state index in [-0.39, 0.29) is 42.9 Å². The topological polar surface area (TPSA) is 36.1 Å². The number of rotatable bonds is 0. The summed E-state index contributed by atoms with van der Waals surface area (Å²) in [7, 11) is 0. The van der Waals surface area contributed by atoms with Gasteiger partial charge in [0, 0.05) is 39.3 Å². The summed E-state index contributed by atoms with van der Waals surface area (Å²) in [6.07, 6.45) is 0. The Morgan fingerprint density at radius 2 is 0.818 bits per heavy atom. The first kappa shape index (κ1) is 14.6. The first-order valence-electron chi connectivity index (χ1n) is 3.62. The van der Waals surface area contributed by atoms with Gasteiger partial charge in [-0.15, -0.1) is 17.0 Å². The molecule has 11 heavy (non-hydrogen) atoms. The van der Waals surface area contributed by atoms with E-state index in [2.05, 4.69) is 16.0 Å². The van der Waals surface area contributed by atoms with E-state index in [1.807, 2.05) is 0 Å². The predicted molar refractivity (Wildman–Crippen MR) is 56.9 cm³/mol. The summed E-state index contributed by atoms with van der Waals surface area (Å²) in [6.45, 7) is 6.59. The van der Waals surface area contributed by atoms with Gasteiger partial charge in [0.2, 0.25) is 0 Å². The summed E-state index contributed by atoms with van der Waals surface area (Å²) in [6, 6.07) is 0. The van der Waals surface area contributed by atoms with Crippen LogP contribution >= 0.6 is 17.0 Å². The molecule has 1 saturated heterocycles. The van der Waals surface area contributed by atoms with Crippen molar-refractivity contribution in [3.63, 3.8) is 0 Å². The Labute approximate surface area is 98.0 Å². The zero-order chi connectivity index (χ0) is 6.36. The van der Waals surface area contributed by atoms with Crippen molar-refractivity contribution in [1.29, 1.82) is 0 Å². The second-order valence-electron chi connectivity index (χ2n) is 2.25. The molecule has 0 aliphatic carbocycles. The molecule has 0 unspecified atom stereocenters. The van der Waals surface area contributed by atoms with Gasteiger partial charge in [0.25, 0.3) is 0 Å². The van der Waals surface area contributed by atoms with E-state index in [1.165, 1.54) is 0 Å². The molecule has 66 valence electrons. The molecule has 3 N–H and O–H groups in total. The monoisotopic (exact) mass is 235 g/mol. The van der Waals surface area contributed by atoms with Crippen LogP contribution in [-0.2, 0) is 0 Å². The van der Waals surface area contributed by atoms with Crippen molar-refractivity contribution in [1.82, 2.24) is 16.0 Å². The van der Waals surface area contributed by atoms with Gasteiger partial charge >= 0.3 is 23.1 Å². The van der Waals surface area contributed by atoms with Crippen LogP contribution in [-0.4, -0.2) is 62.3 Å². The van der Waals surface area contributed by atoms with E-state index in [0.717, 1.165) is 39.3 Å². The molecule has 5 heteroatoms. The molecule has 3 nitrogen and oxygen atoms in total. The molecule has 0 spiro atoms. The maximum absolute atomic E-state index is 3.30. The Kier molecular flexibility index (Phi) is 14.8. The van der Waals surface area contributed by atoms with E-state index in [0.29, 0.717) is 0 Å². The molecule has 0 radical (unpaired) electrons. The molecule has 1 aliphatic heterocycles. The second-order valence-corrected chi connectivity index (χ2v) is 2.25. The number of hydrogen-bond donors (Lipinski definition) is 3. The zero-order valence-corrected chi connectivity index (χ0v) is 9.99. The van der Waals surface area contributed by atoms with Crippen LogP contribution in [0.1, 0.15) is 2.85 Å². The van der Waals surface area contributed by atoms with Gasteiger partial charge in [-0.2, -0.15) is 0 Å². The molecule has 0 bridgehead atoms. The first-order valence-corrected chi connectivity index (χ1v) is 3.62. The Balaban J connectivity index is -0.000000101. The average Bonchev–Trinajstić information content (AvgIpc) is 2.00.